The summed E-state index contributed by atoms with van der Waals surface area (Å²) in [6.45, 7) is -0.0234. The fourth-order valence-corrected chi connectivity index (χ4v) is 0.957. The summed E-state index contributed by atoms with van der Waals surface area (Å²) in [7, 11) is -2.45. The third kappa shape index (κ3) is 3.45. The topological polar surface area (TPSA) is 80.4 Å². The normalized spacial score (nSPS) is 14.1. The molecule has 0 bridgehead atoms. The van der Waals surface area contributed by atoms with Crippen molar-refractivity contribution in [2.45, 2.75) is 11.7 Å². The molecule has 0 aromatic carbocycles. The monoisotopic (exact) mass is 153 g/mol. The quantitative estimate of drug-likeness (QED) is 0.421. The smallest absolute Gasteiger partial charge is 0.144 e. The largest absolute Gasteiger partial charge is 0.396 e. The van der Waals surface area contributed by atoms with Crippen LogP contribution in [0.25, 0.3) is 0 Å². The lowest BCUT2D eigenvalue weighted by Crippen LogP contribution is -2.22. The summed E-state index contributed by atoms with van der Waals surface area (Å²) >= 11 is 0. The molecule has 0 saturated heterocycles. The highest BCUT2D eigenvalue weighted by Crippen LogP contribution is 1.91. The van der Waals surface area contributed by atoms with Gasteiger partial charge in [-0.1, -0.05) is 0 Å². The van der Waals surface area contributed by atoms with Crippen LogP contribution < -0.4 is 5.73 Å². The van der Waals surface area contributed by atoms with Gasteiger partial charge in [-0.25, -0.2) is 8.42 Å². The molecule has 0 aromatic rings. The third-order valence-corrected chi connectivity index (χ3v) is 2.10. The molecule has 3 N–H and O–H groups in total. The minimum Gasteiger partial charge on any atom is -0.396 e. The van der Waals surface area contributed by atoms with Gasteiger partial charge in [-0.05, 0) is 6.42 Å². The van der Waals surface area contributed by atoms with E-state index in [0.717, 1.165) is 0 Å². The van der Waals surface area contributed by atoms with Crippen LogP contribution in [0.3, 0.4) is 0 Å². The van der Waals surface area contributed by atoms with Crippen molar-refractivity contribution in [3.8, 4) is 0 Å². The number of thiol groups is 1. The van der Waals surface area contributed by atoms with Crippen molar-refractivity contribution in [1.29, 1.82) is 0 Å². The van der Waals surface area contributed by atoms with Crippen LogP contribution in [0.5, 0.6) is 0 Å². The summed E-state index contributed by atoms with van der Waals surface area (Å²) < 4.78 is 20.3. The first-order valence-electron chi connectivity index (χ1n) is 2.66. The molecular weight excluding hydrogens is 142 g/mol. The number of hydrogen-bond donors (Lipinski definition) is 3. The van der Waals surface area contributed by atoms with E-state index in [1.807, 2.05) is 0 Å². The highest BCUT2D eigenvalue weighted by molar-refractivity contribution is 7.73. The molecule has 0 aliphatic carbocycles. The molecule has 4 nitrogen and oxygen atoms in total. The fraction of sp³-hybridized carbons (Fsp3) is 1.00. The number of aliphatic hydroxyl groups excluding tert-OH is 1. The first-order valence-corrected chi connectivity index (χ1v) is 3.91. The molecule has 1 unspecified atom stereocenters. The lowest BCUT2D eigenvalue weighted by atomic mass is 10.3. The molecule has 5 heteroatoms. The van der Waals surface area contributed by atoms with Gasteiger partial charge >= 0.3 is 0 Å². The van der Waals surface area contributed by atoms with Crippen LogP contribution in [0.1, 0.15) is 6.42 Å². The van der Waals surface area contributed by atoms with E-state index >= 15 is 0 Å². The first-order chi connectivity index (χ1) is 4.22. The molecule has 0 spiro atoms. The lowest BCUT2D eigenvalue weighted by Gasteiger charge is -2.01. The Hall–Kier alpha value is -0.130. The van der Waals surface area contributed by atoms with E-state index in [4.69, 9.17) is 10.8 Å². The maximum absolute atomic E-state index is 10.2. The van der Waals surface area contributed by atoms with Crippen molar-refractivity contribution in [3.05, 3.63) is 0 Å². The second kappa shape index (κ2) is 4.72. The summed E-state index contributed by atoms with van der Waals surface area (Å²) in [4.78, 5) is 0. The minimum absolute atomic E-state index is 0.0965. The number of aliphatic hydroxyl groups is 1. The maximum Gasteiger partial charge on any atom is 0.144 e. The van der Waals surface area contributed by atoms with Crippen molar-refractivity contribution in [2.24, 2.45) is 5.73 Å². The Bertz CT molecular complexity index is 126. The highest BCUT2D eigenvalue weighted by atomic mass is 32.2. The van der Waals surface area contributed by atoms with Gasteiger partial charge in [0.15, 0.2) is 0 Å². The highest BCUT2D eigenvalue weighted by Gasteiger charge is 2.06. The van der Waals surface area contributed by atoms with Gasteiger partial charge in [0.1, 0.15) is 10.7 Å². The average Bonchev–Trinajstić information content (AvgIpc) is 1.82. The molecule has 0 aromatic heterocycles. The Labute approximate surface area is 55.6 Å². The van der Waals surface area contributed by atoms with Gasteiger partial charge in [0, 0.05) is 13.2 Å². The van der Waals surface area contributed by atoms with Crippen LogP contribution in [-0.2, 0) is 10.7 Å². The molecule has 0 amide bonds. The zero-order valence-electron chi connectivity index (χ0n) is 4.99. The van der Waals surface area contributed by atoms with Crippen molar-refractivity contribution < 1.29 is 13.5 Å². The van der Waals surface area contributed by atoms with Crippen LogP contribution in [0.15, 0.2) is 0 Å². The SMILES string of the molecule is NCC(CCO)[SH](=O)=O. The molecule has 9 heavy (non-hydrogen) atoms. The van der Waals surface area contributed by atoms with E-state index < -0.39 is 16.0 Å². The van der Waals surface area contributed by atoms with Gasteiger partial charge in [-0.15, -0.1) is 0 Å². The molecule has 0 aliphatic rings. The number of rotatable bonds is 4. The average molecular weight is 153 g/mol. The molecule has 0 heterocycles. The Morgan fingerprint density at radius 2 is 2.11 bits per heavy atom. The Kier molecular flexibility index (Phi) is 4.65. The predicted octanol–water partition coefficient (Wildman–Crippen LogP) is -1.69. The second-order valence-electron chi connectivity index (χ2n) is 1.69. The maximum atomic E-state index is 10.2. The van der Waals surface area contributed by atoms with Gasteiger partial charge in [0.25, 0.3) is 0 Å². The zero-order valence-corrected chi connectivity index (χ0v) is 5.88. The molecule has 0 rings (SSSR count). The van der Waals surface area contributed by atoms with Crippen LogP contribution in [0.4, 0.5) is 0 Å². The first kappa shape index (κ1) is 8.87. The van der Waals surface area contributed by atoms with Gasteiger partial charge in [0.2, 0.25) is 0 Å². The molecule has 56 valence electrons. The Morgan fingerprint density at radius 1 is 1.56 bits per heavy atom. The lowest BCUT2D eigenvalue weighted by molar-refractivity contribution is 0.286. The summed E-state index contributed by atoms with van der Waals surface area (Å²) in [5.41, 5.74) is 5.06. The summed E-state index contributed by atoms with van der Waals surface area (Å²) in [6.07, 6.45) is 0.245. The van der Waals surface area contributed by atoms with Crippen molar-refractivity contribution in [2.75, 3.05) is 13.2 Å². The van der Waals surface area contributed by atoms with Crippen molar-refractivity contribution in [1.82, 2.24) is 0 Å². The van der Waals surface area contributed by atoms with Crippen molar-refractivity contribution >= 4 is 10.7 Å². The van der Waals surface area contributed by atoms with Crippen LogP contribution in [0.2, 0.25) is 0 Å². The molecule has 0 aliphatic heterocycles. The van der Waals surface area contributed by atoms with Crippen LogP contribution >= 0.6 is 0 Å². The zero-order chi connectivity index (χ0) is 7.28. The van der Waals surface area contributed by atoms with Crippen LogP contribution in [0, 0.1) is 0 Å². The van der Waals surface area contributed by atoms with E-state index in [2.05, 4.69) is 0 Å². The van der Waals surface area contributed by atoms with Gasteiger partial charge in [-0.3, -0.25) is 0 Å². The van der Waals surface area contributed by atoms with Crippen molar-refractivity contribution in [3.63, 3.8) is 0 Å². The molecule has 0 fully saturated rings. The molecule has 1 atom stereocenters. The van der Waals surface area contributed by atoms with E-state index in [1.165, 1.54) is 0 Å². The minimum atomic E-state index is -2.45. The third-order valence-electron chi connectivity index (χ3n) is 1.03. The van der Waals surface area contributed by atoms with Crippen LogP contribution in [-0.4, -0.2) is 31.9 Å². The molecule has 0 saturated carbocycles. The summed E-state index contributed by atoms with van der Waals surface area (Å²) in [5.74, 6) is 0. The van der Waals surface area contributed by atoms with E-state index in [0.29, 0.717) is 0 Å². The summed E-state index contributed by atoms with van der Waals surface area (Å²) in [5, 5.41) is 7.74. The number of nitrogens with two attached hydrogens (primary N) is 1. The van der Waals surface area contributed by atoms with Gasteiger partial charge < -0.3 is 10.8 Å². The molecular formula is C4H11NO3S. The fourth-order valence-electron chi connectivity index (χ4n) is 0.458. The van der Waals surface area contributed by atoms with E-state index in [-0.39, 0.29) is 19.6 Å². The Morgan fingerprint density at radius 3 is 2.22 bits per heavy atom. The molecule has 0 radical (unpaired) electrons. The standard InChI is InChI=1S/C4H11NO3S/c5-3-4(1-2-6)9(7)8/h4,6,9H,1-3,5H2. The summed E-state index contributed by atoms with van der Waals surface area (Å²) in [6, 6.07) is 0. The van der Waals surface area contributed by atoms with Gasteiger partial charge in [-0.2, -0.15) is 0 Å². The number of hydrogen-bond acceptors (Lipinski definition) is 4. The predicted molar refractivity (Wildman–Crippen MR) is 34.9 cm³/mol. The van der Waals surface area contributed by atoms with E-state index in [9.17, 15) is 8.42 Å². The van der Waals surface area contributed by atoms with Gasteiger partial charge in [0.05, 0.1) is 5.25 Å². The second-order valence-corrected chi connectivity index (χ2v) is 2.99. The Balaban J connectivity index is 3.68. The van der Waals surface area contributed by atoms with E-state index in [1.54, 1.807) is 0 Å².